The second kappa shape index (κ2) is 4.29. The van der Waals surface area contributed by atoms with Crippen LogP contribution in [0.4, 0.5) is 0 Å². The molecule has 1 unspecified atom stereocenters. The van der Waals surface area contributed by atoms with Crippen LogP contribution in [0.25, 0.3) is 0 Å². The largest absolute Gasteiger partial charge is 0.480 e. The van der Waals surface area contributed by atoms with Gasteiger partial charge < -0.3 is 15.2 Å². The highest BCUT2D eigenvalue weighted by molar-refractivity contribution is 5.73. The number of methoxy groups -OCH3 is 1. The molecular weight excluding hydrogens is 122 g/mol. The van der Waals surface area contributed by atoms with Crippen LogP contribution in [0.1, 0.15) is 0 Å². The average molecular weight is 133 g/mol. The highest BCUT2D eigenvalue weighted by Crippen LogP contribution is 1.81. The fourth-order valence-electron chi connectivity index (χ4n) is 0.445. The Morgan fingerprint density at radius 1 is 1.89 bits per heavy atom. The molecule has 54 valence electrons. The van der Waals surface area contributed by atoms with Crippen molar-refractivity contribution in [3.05, 3.63) is 0 Å². The molecule has 0 saturated carbocycles. The van der Waals surface area contributed by atoms with E-state index >= 15 is 0 Å². The van der Waals surface area contributed by atoms with Crippen molar-refractivity contribution in [1.29, 1.82) is 0 Å². The summed E-state index contributed by atoms with van der Waals surface area (Å²) in [7, 11) is 3.05. The van der Waals surface area contributed by atoms with E-state index in [-0.39, 0.29) is 6.61 Å². The third kappa shape index (κ3) is 3.05. The monoisotopic (exact) mass is 133 g/mol. The number of hydrogen-bond donors (Lipinski definition) is 2. The number of aliphatic carboxylic acids is 1. The lowest BCUT2D eigenvalue weighted by atomic mass is 10.3. The van der Waals surface area contributed by atoms with Crippen LogP contribution in [0, 0.1) is 0 Å². The molecular formula is C5H11NO3. The van der Waals surface area contributed by atoms with E-state index in [1.165, 1.54) is 7.11 Å². The van der Waals surface area contributed by atoms with Gasteiger partial charge in [-0.1, -0.05) is 0 Å². The Bertz CT molecular complexity index is 94.2. The molecule has 0 aliphatic carbocycles. The van der Waals surface area contributed by atoms with Crippen molar-refractivity contribution in [3.8, 4) is 0 Å². The second-order valence-corrected chi connectivity index (χ2v) is 1.63. The first-order valence-corrected chi connectivity index (χ1v) is 2.61. The van der Waals surface area contributed by atoms with Gasteiger partial charge in [-0.2, -0.15) is 0 Å². The lowest BCUT2D eigenvalue weighted by molar-refractivity contribution is -0.140. The van der Waals surface area contributed by atoms with Gasteiger partial charge in [0.2, 0.25) is 0 Å². The van der Waals surface area contributed by atoms with Gasteiger partial charge in [-0.25, -0.2) is 0 Å². The van der Waals surface area contributed by atoms with E-state index in [4.69, 9.17) is 5.11 Å². The zero-order chi connectivity index (χ0) is 7.28. The molecule has 0 spiro atoms. The van der Waals surface area contributed by atoms with Crippen LogP contribution in [0.3, 0.4) is 0 Å². The van der Waals surface area contributed by atoms with Gasteiger partial charge >= 0.3 is 5.97 Å². The number of nitrogens with one attached hydrogen (secondary N) is 1. The maximum Gasteiger partial charge on any atom is 0.323 e. The average Bonchev–Trinajstić information content (AvgIpc) is 1.82. The van der Waals surface area contributed by atoms with E-state index in [9.17, 15) is 4.79 Å². The third-order valence-corrected chi connectivity index (χ3v) is 0.980. The van der Waals surface area contributed by atoms with Crippen LogP contribution in [-0.4, -0.2) is 37.9 Å². The van der Waals surface area contributed by atoms with E-state index in [1.807, 2.05) is 0 Å². The smallest absolute Gasteiger partial charge is 0.323 e. The van der Waals surface area contributed by atoms with Crippen molar-refractivity contribution < 1.29 is 14.6 Å². The van der Waals surface area contributed by atoms with Crippen LogP contribution in [0.15, 0.2) is 0 Å². The summed E-state index contributed by atoms with van der Waals surface area (Å²) in [5.74, 6) is -0.889. The summed E-state index contributed by atoms with van der Waals surface area (Å²) in [6.45, 7) is 0.200. The molecule has 4 nitrogen and oxygen atoms in total. The third-order valence-electron chi connectivity index (χ3n) is 0.980. The van der Waals surface area contributed by atoms with Crippen LogP contribution >= 0.6 is 0 Å². The zero-order valence-corrected chi connectivity index (χ0v) is 5.55. The Kier molecular flexibility index (Phi) is 4.00. The molecule has 4 heteroatoms. The number of likely N-dealkylation sites (N-methyl/N-ethyl adjacent to an activating group) is 1. The van der Waals surface area contributed by atoms with Crippen molar-refractivity contribution in [2.45, 2.75) is 6.04 Å². The number of ether oxygens (including phenoxy) is 1. The number of carboxylic acids is 1. The van der Waals surface area contributed by atoms with Gasteiger partial charge in [0.05, 0.1) is 6.61 Å². The standard InChI is InChI=1S/C5H11NO3/c1-6-4(3-9-2)5(7)8/h4,6H,3H2,1-2H3,(H,7,8). The fourth-order valence-corrected chi connectivity index (χ4v) is 0.445. The van der Waals surface area contributed by atoms with Gasteiger partial charge in [0, 0.05) is 7.11 Å². The van der Waals surface area contributed by atoms with Crippen molar-refractivity contribution in [2.24, 2.45) is 0 Å². The first-order valence-electron chi connectivity index (χ1n) is 2.61. The molecule has 0 aromatic carbocycles. The number of carboxylic acid groups (broad SMARTS) is 1. The minimum absolute atomic E-state index is 0.200. The van der Waals surface area contributed by atoms with Crippen LogP contribution < -0.4 is 5.32 Å². The normalized spacial score (nSPS) is 13.1. The van der Waals surface area contributed by atoms with Gasteiger partial charge in [0.15, 0.2) is 0 Å². The topological polar surface area (TPSA) is 58.6 Å². The molecule has 0 fully saturated rings. The predicted octanol–water partition coefficient (Wildman–Crippen LogP) is -0.695. The number of rotatable bonds is 4. The fraction of sp³-hybridized carbons (Fsp3) is 0.800. The molecule has 0 amide bonds. The molecule has 0 aromatic rings. The Labute approximate surface area is 53.8 Å². The summed E-state index contributed by atoms with van der Waals surface area (Å²) < 4.78 is 4.61. The Morgan fingerprint density at radius 3 is 2.56 bits per heavy atom. The second-order valence-electron chi connectivity index (χ2n) is 1.63. The lowest BCUT2D eigenvalue weighted by Crippen LogP contribution is -2.37. The van der Waals surface area contributed by atoms with Crippen molar-refractivity contribution in [2.75, 3.05) is 20.8 Å². The molecule has 0 rings (SSSR count). The minimum Gasteiger partial charge on any atom is -0.480 e. The molecule has 9 heavy (non-hydrogen) atoms. The Balaban J connectivity index is 3.54. The molecule has 0 aliphatic rings. The molecule has 2 N–H and O–H groups in total. The number of hydrogen-bond acceptors (Lipinski definition) is 3. The summed E-state index contributed by atoms with van der Waals surface area (Å²) in [5.41, 5.74) is 0. The summed E-state index contributed by atoms with van der Waals surface area (Å²) in [5, 5.41) is 10.9. The van der Waals surface area contributed by atoms with Crippen molar-refractivity contribution >= 4 is 5.97 Å². The predicted molar refractivity (Wildman–Crippen MR) is 32.4 cm³/mol. The SMILES string of the molecule is CNC(COC)C(=O)O. The van der Waals surface area contributed by atoms with Gasteiger partial charge in [0.1, 0.15) is 6.04 Å². The first-order chi connectivity index (χ1) is 4.22. The van der Waals surface area contributed by atoms with Crippen molar-refractivity contribution in [1.82, 2.24) is 5.32 Å². The van der Waals surface area contributed by atoms with E-state index in [0.717, 1.165) is 0 Å². The quantitative estimate of drug-likeness (QED) is 0.532. The van der Waals surface area contributed by atoms with Gasteiger partial charge in [-0.15, -0.1) is 0 Å². The summed E-state index contributed by atoms with van der Waals surface area (Å²) in [4.78, 5) is 10.2. The molecule has 0 bridgehead atoms. The van der Waals surface area contributed by atoms with Gasteiger partial charge in [0.25, 0.3) is 0 Å². The molecule has 1 atom stereocenters. The zero-order valence-electron chi connectivity index (χ0n) is 5.55. The first kappa shape index (κ1) is 8.39. The van der Waals surface area contributed by atoms with Gasteiger partial charge in [-0.05, 0) is 7.05 Å². The maximum atomic E-state index is 10.2. The molecule has 0 heterocycles. The summed E-state index contributed by atoms with van der Waals surface area (Å²) in [6, 6.07) is -0.588. The molecule has 0 saturated heterocycles. The van der Waals surface area contributed by atoms with E-state index in [2.05, 4.69) is 10.1 Å². The summed E-state index contributed by atoms with van der Waals surface area (Å²) in [6.07, 6.45) is 0. The lowest BCUT2D eigenvalue weighted by Gasteiger charge is -2.07. The Hall–Kier alpha value is -0.610. The Morgan fingerprint density at radius 2 is 2.44 bits per heavy atom. The molecule has 0 aliphatic heterocycles. The van der Waals surface area contributed by atoms with Crippen LogP contribution in [-0.2, 0) is 9.53 Å². The summed E-state index contributed by atoms with van der Waals surface area (Å²) >= 11 is 0. The maximum absolute atomic E-state index is 10.2. The van der Waals surface area contributed by atoms with Crippen molar-refractivity contribution in [3.63, 3.8) is 0 Å². The molecule has 0 aromatic heterocycles. The van der Waals surface area contributed by atoms with E-state index < -0.39 is 12.0 Å². The van der Waals surface area contributed by atoms with Crippen LogP contribution in [0.2, 0.25) is 0 Å². The highest BCUT2D eigenvalue weighted by atomic mass is 16.5. The van der Waals surface area contributed by atoms with Gasteiger partial charge in [-0.3, -0.25) is 4.79 Å². The molecule has 0 radical (unpaired) electrons. The number of carbonyl (C=O) groups is 1. The van der Waals surface area contributed by atoms with Crippen LogP contribution in [0.5, 0.6) is 0 Å². The minimum atomic E-state index is -0.889. The van der Waals surface area contributed by atoms with E-state index in [0.29, 0.717) is 0 Å². The highest BCUT2D eigenvalue weighted by Gasteiger charge is 2.12. The van der Waals surface area contributed by atoms with E-state index in [1.54, 1.807) is 7.05 Å².